The number of thiophene rings is 1. The number of carbonyl (C=O) groups is 1. The highest BCUT2D eigenvalue weighted by atomic mass is 35.5. The second-order valence-electron chi connectivity index (χ2n) is 6.09. The molecule has 0 saturated carbocycles. The second-order valence-corrected chi connectivity index (χ2v) is 7.80. The Labute approximate surface area is 169 Å². The number of aromatic nitrogens is 4. The van der Waals surface area contributed by atoms with Crippen LogP contribution < -0.4 is 5.56 Å². The first-order valence-corrected chi connectivity index (χ1v) is 9.76. The zero-order chi connectivity index (χ0) is 19.5. The molecule has 140 valence electrons. The zero-order valence-corrected chi connectivity index (χ0v) is 16.2. The van der Waals surface area contributed by atoms with E-state index in [1.807, 2.05) is 35.0 Å². The normalized spacial score (nSPS) is 10.9. The van der Waals surface area contributed by atoms with E-state index < -0.39 is 0 Å². The van der Waals surface area contributed by atoms with Crippen LogP contribution in [0.15, 0.2) is 72.0 Å². The molecule has 0 atom stereocenters. The summed E-state index contributed by atoms with van der Waals surface area (Å²) in [4.78, 5) is 29.1. The van der Waals surface area contributed by atoms with Crippen molar-refractivity contribution in [3.05, 3.63) is 92.5 Å². The van der Waals surface area contributed by atoms with Crippen LogP contribution in [0.25, 0.3) is 11.4 Å². The van der Waals surface area contributed by atoms with Crippen molar-refractivity contribution in [2.24, 2.45) is 0 Å². The molecule has 0 radical (unpaired) electrons. The van der Waals surface area contributed by atoms with Gasteiger partial charge in [0, 0.05) is 30.6 Å². The van der Waals surface area contributed by atoms with Gasteiger partial charge in [0.05, 0.1) is 26.9 Å². The molecule has 0 saturated heterocycles. The van der Waals surface area contributed by atoms with E-state index in [0.29, 0.717) is 27.7 Å². The first kappa shape index (κ1) is 18.3. The van der Waals surface area contributed by atoms with Crippen LogP contribution in [0.5, 0.6) is 0 Å². The Morgan fingerprint density at radius 3 is 2.57 bits per heavy atom. The quantitative estimate of drug-likeness (QED) is 0.451. The summed E-state index contributed by atoms with van der Waals surface area (Å²) < 4.78 is 3.84. The van der Waals surface area contributed by atoms with Crippen molar-refractivity contribution < 1.29 is 4.79 Å². The second kappa shape index (κ2) is 7.92. The van der Waals surface area contributed by atoms with Gasteiger partial charge in [-0.3, -0.25) is 9.59 Å². The molecule has 0 spiro atoms. The number of rotatable bonds is 6. The van der Waals surface area contributed by atoms with Gasteiger partial charge in [-0.15, -0.1) is 11.3 Å². The smallest absolute Gasteiger partial charge is 0.271 e. The minimum Gasteiger partial charge on any atom is -0.306 e. The van der Waals surface area contributed by atoms with Gasteiger partial charge in [-0.1, -0.05) is 11.6 Å². The van der Waals surface area contributed by atoms with E-state index >= 15 is 0 Å². The highest BCUT2D eigenvalue weighted by Gasteiger charge is 2.10. The number of Topliss-reactive ketones (excluding diaryl/α,β-unsaturated/α-hetero) is 1. The maximum atomic E-state index is 12.2. The topological polar surface area (TPSA) is 69.8 Å². The Morgan fingerprint density at radius 2 is 1.86 bits per heavy atom. The average molecular weight is 411 g/mol. The molecule has 0 fully saturated rings. The molecule has 0 unspecified atom stereocenters. The number of aryl methyl sites for hydroxylation is 1. The lowest BCUT2D eigenvalue weighted by molar-refractivity contribution is 0.0986. The van der Waals surface area contributed by atoms with E-state index in [1.54, 1.807) is 30.7 Å². The van der Waals surface area contributed by atoms with Crippen molar-refractivity contribution in [1.82, 2.24) is 19.3 Å². The van der Waals surface area contributed by atoms with Crippen molar-refractivity contribution in [2.75, 3.05) is 0 Å². The van der Waals surface area contributed by atoms with E-state index in [0.717, 1.165) is 11.4 Å². The van der Waals surface area contributed by atoms with Gasteiger partial charge < -0.3 is 4.57 Å². The van der Waals surface area contributed by atoms with Crippen LogP contribution in [-0.4, -0.2) is 25.1 Å². The molecule has 3 aromatic heterocycles. The summed E-state index contributed by atoms with van der Waals surface area (Å²) >= 11 is 7.17. The number of carbonyl (C=O) groups excluding carboxylic acids is 1. The Morgan fingerprint density at radius 1 is 1.07 bits per heavy atom. The Hall–Kier alpha value is -3.03. The fourth-order valence-corrected chi connectivity index (χ4v) is 3.79. The van der Waals surface area contributed by atoms with Gasteiger partial charge >= 0.3 is 0 Å². The molecule has 0 N–H and O–H groups in total. The van der Waals surface area contributed by atoms with Crippen LogP contribution in [0.2, 0.25) is 4.34 Å². The molecule has 0 aliphatic carbocycles. The molecule has 0 amide bonds. The first-order valence-electron chi connectivity index (χ1n) is 8.57. The molecule has 28 heavy (non-hydrogen) atoms. The third-order valence-corrected chi connectivity index (χ3v) is 5.47. The summed E-state index contributed by atoms with van der Waals surface area (Å²) in [5, 5.41) is 4.07. The molecule has 0 bridgehead atoms. The van der Waals surface area contributed by atoms with Gasteiger partial charge in [-0.05, 0) is 48.9 Å². The molecule has 3 heterocycles. The van der Waals surface area contributed by atoms with Gasteiger partial charge in [-0.25, -0.2) is 4.98 Å². The fraction of sp³-hybridized carbons (Fsp3) is 0.100. The van der Waals surface area contributed by atoms with Crippen LogP contribution in [-0.2, 0) is 6.42 Å². The zero-order valence-electron chi connectivity index (χ0n) is 14.7. The molecule has 4 aromatic rings. The van der Waals surface area contributed by atoms with Gasteiger partial charge in [0.1, 0.15) is 0 Å². The van der Waals surface area contributed by atoms with Gasteiger partial charge in [0.2, 0.25) is 0 Å². The van der Waals surface area contributed by atoms with Crippen LogP contribution in [0, 0.1) is 0 Å². The number of imidazole rings is 1. The van der Waals surface area contributed by atoms with E-state index in [9.17, 15) is 9.59 Å². The Balaban J connectivity index is 1.45. The van der Waals surface area contributed by atoms with Crippen molar-refractivity contribution >= 4 is 28.7 Å². The number of hydrogen-bond donors (Lipinski definition) is 0. The number of halogens is 1. The minimum atomic E-state index is -0.183. The highest BCUT2D eigenvalue weighted by Crippen LogP contribution is 2.23. The minimum absolute atomic E-state index is 0.0663. The number of benzene rings is 1. The van der Waals surface area contributed by atoms with Gasteiger partial charge in [0.15, 0.2) is 5.78 Å². The first-order chi connectivity index (χ1) is 13.6. The molecule has 0 aliphatic rings. The lowest BCUT2D eigenvalue weighted by Gasteiger charge is -2.06. The lowest BCUT2D eigenvalue weighted by Crippen LogP contribution is -2.18. The van der Waals surface area contributed by atoms with Gasteiger partial charge in [-0.2, -0.15) is 9.78 Å². The predicted octanol–water partition coefficient (Wildman–Crippen LogP) is 3.95. The third kappa shape index (κ3) is 3.95. The summed E-state index contributed by atoms with van der Waals surface area (Å²) in [5.41, 5.74) is 2.25. The molecule has 1 aromatic carbocycles. The molecule has 8 heteroatoms. The fourth-order valence-electron chi connectivity index (χ4n) is 2.78. The van der Waals surface area contributed by atoms with E-state index in [1.165, 1.54) is 22.1 Å². The third-order valence-electron chi connectivity index (χ3n) is 4.20. The molecule has 0 aliphatic heterocycles. The van der Waals surface area contributed by atoms with E-state index in [2.05, 4.69) is 10.1 Å². The summed E-state index contributed by atoms with van der Waals surface area (Å²) in [6.45, 7) is 0. The summed E-state index contributed by atoms with van der Waals surface area (Å²) in [5.74, 6) is 0.0663. The maximum Gasteiger partial charge on any atom is 0.271 e. The largest absolute Gasteiger partial charge is 0.306 e. The monoisotopic (exact) mass is 410 g/mol. The van der Waals surface area contributed by atoms with E-state index in [4.69, 9.17) is 11.6 Å². The maximum absolute atomic E-state index is 12.2. The molecular weight excluding hydrogens is 396 g/mol. The van der Waals surface area contributed by atoms with Crippen LogP contribution >= 0.6 is 22.9 Å². The SMILES string of the molecule is O=C(CCc1cn(-c2ccc(-n3ncccc3=O)cc2)cn1)c1ccc(Cl)s1. The van der Waals surface area contributed by atoms with Crippen LogP contribution in [0.4, 0.5) is 0 Å². The Bertz CT molecular complexity index is 1180. The van der Waals surface area contributed by atoms with Gasteiger partial charge in [0.25, 0.3) is 5.56 Å². The van der Waals surface area contributed by atoms with Crippen molar-refractivity contribution in [3.8, 4) is 11.4 Å². The predicted molar refractivity (Wildman–Crippen MR) is 109 cm³/mol. The summed E-state index contributed by atoms with van der Waals surface area (Å²) in [7, 11) is 0. The number of ketones is 1. The van der Waals surface area contributed by atoms with Crippen molar-refractivity contribution in [2.45, 2.75) is 12.8 Å². The standard InChI is InChI=1S/C20H15ClN4O2S/c21-19-10-9-18(28-19)17(26)8-3-14-12-24(13-22-14)15-4-6-16(7-5-15)25-20(27)2-1-11-23-25/h1-2,4-7,9-13H,3,8H2. The molecule has 6 nitrogen and oxygen atoms in total. The van der Waals surface area contributed by atoms with Crippen LogP contribution in [0.1, 0.15) is 21.8 Å². The summed E-state index contributed by atoms with van der Waals surface area (Å²) in [6.07, 6.45) is 6.13. The Kier molecular flexibility index (Phi) is 5.18. The average Bonchev–Trinajstić information content (AvgIpc) is 3.36. The number of hydrogen-bond acceptors (Lipinski definition) is 5. The van der Waals surface area contributed by atoms with E-state index in [-0.39, 0.29) is 11.3 Å². The highest BCUT2D eigenvalue weighted by molar-refractivity contribution is 7.18. The molecular formula is C20H15ClN4O2S. The number of nitrogens with zero attached hydrogens (tertiary/aromatic N) is 4. The summed E-state index contributed by atoms with van der Waals surface area (Å²) in [6, 6.07) is 14.0. The lowest BCUT2D eigenvalue weighted by atomic mass is 10.1. The van der Waals surface area contributed by atoms with Crippen LogP contribution in [0.3, 0.4) is 0 Å². The van der Waals surface area contributed by atoms with Crippen molar-refractivity contribution in [3.63, 3.8) is 0 Å². The van der Waals surface area contributed by atoms with Crippen molar-refractivity contribution in [1.29, 1.82) is 0 Å². The molecule has 4 rings (SSSR count).